The van der Waals surface area contributed by atoms with Gasteiger partial charge in [0.25, 0.3) is 0 Å². The van der Waals surface area contributed by atoms with E-state index in [0.717, 1.165) is 29.6 Å². The average molecular weight is 333 g/mol. The Morgan fingerprint density at radius 1 is 1.10 bits per heavy atom. The zero-order chi connectivity index (χ0) is 13.7. The van der Waals surface area contributed by atoms with Gasteiger partial charge in [-0.1, -0.05) is 53.5 Å². The smallest absolute Gasteiger partial charge is 0.0429 e. The summed E-state index contributed by atoms with van der Waals surface area (Å²) < 4.78 is 0. The first-order chi connectivity index (χ1) is 9.79. The summed E-state index contributed by atoms with van der Waals surface area (Å²) in [4.78, 5) is 0.612. The van der Waals surface area contributed by atoms with Crippen molar-refractivity contribution >= 4 is 15.9 Å². The van der Waals surface area contributed by atoms with Crippen LogP contribution >= 0.6 is 15.9 Å². The van der Waals surface area contributed by atoms with Crippen LogP contribution in [0.15, 0.2) is 24.3 Å². The SMILES string of the molecule is CCCCc1ccc(C(Br)C2C3C4CCC(C4)C32)cc1. The molecule has 5 atom stereocenters. The molecule has 0 amide bonds. The molecule has 1 aromatic carbocycles. The quantitative estimate of drug-likeness (QED) is 0.601. The van der Waals surface area contributed by atoms with Crippen LogP contribution in [0.1, 0.15) is 55.0 Å². The third-order valence-corrected chi connectivity index (χ3v) is 7.39. The lowest BCUT2D eigenvalue weighted by Crippen LogP contribution is -2.04. The summed E-state index contributed by atoms with van der Waals surface area (Å²) in [6.45, 7) is 2.27. The lowest BCUT2D eigenvalue weighted by Gasteiger charge is -2.15. The van der Waals surface area contributed by atoms with E-state index in [0.29, 0.717) is 4.83 Å². The Hall–Kier alpha value is -0.300. The van der Waals surface area contributed by atoms with E-state index in [4.69, 9.17) is 0 Å². The molecule has 0 N–H and O–H groups in total. The van der Waals surface area contributed by atoms with Gasteiger partial charge in [-0.3, -0.25) is 0 Å². The molecule has 20 heavy (non-hydrogen) atoms. The van der Waals surface area contributed by atoms with Gasteiger partial charge >= 0.3 is 0 Å². The van der Waals surface area contributed by atoms with Crippen molar-refractivity contribution in [2.45, 2.75) is 50.3 Å². The van der Waals surface area contributed by atoms with Crippen LogP contribution in [0.5, 0.6) is 0 Å². The number of rotatable bonds is 5. The molecule has 0 radical (unpaired) electrons. The molecule has 3 aliphatic carbocycles. The van der Waals surface area contributed by atoms with Crippen molar-refractivity contribution in [1.82, 2.24) is 0 Å². The number of halogens is 1. The van der Waals surface area contributed by atoms with Gasteiger partial charge in [0.1, 0.15) is 0 Å². The second kappa shape index (κ2) is 5.16. The number of fused-ring (bicyclic) bond motifs is 5. The molecular weight excluding hydrogens is 308 g/mol. The van der Waals surface area contributed by atoms with Gasteiger partial charge in [-0.05, 0) is 72.8 Å². The van der Waals surface area contributed by atoms with Gasteiger partial charge in [0.05, 0.1) is 0 Å². The van der Waals surface area contributed by atoms with Crippen LogP contribution in [0.4, 0.5) is 0 Å². The van der Waals surface area contributed by atoms with Gasteiger partial charge in [-0.15, -0.1) is 0 Å². The lowest BCUT2D eigenvalue weighted by molar-refractivity contribution is 0.456. The number of hydrogen-bond donors (Lipinski definition) is 0. The largest absolute Gasteiger partial charge is 0.0836 e. The molecule has 2 bridgehead atoms. The highest BCUT2D eigenvalue weighted by Gasteiger charge is 2.66. The Morgan fingerprint density at radius 3 is 2.35 bits per heavy atom. The van der Waals surface area contributed by atoms with Crippen molar-refractivity contribution in [3.05, 3.63) is 35.4 Å². The summed E-state index contributed by atoms with van der Waals surface area (Å²) in [5.74, 6) is 5.25. The highest BCUT2D eigenvalue weighted by Crippen LogP contribution is 2.73. The molecule has 0 aliphatic heterocycles. The van der Waals surface area contributed by atoms with E-state index in [9.17, 15) is 0 Å². The van der Waals surface area contributed by atoms with Crippen molar-refractivity contribution in [3.63, 3.8) is 0 Å². The number of benzene rings is 1. The Labute approximate surface area is 131 Å². The fourth-order valence-corrected chi connectivity index (χ4v) is 6.27. The van der Waals surface area contributed by atoms with Crippen LogP contribution in [-0.2, 0) is 6.42 Å². The summed E-state index contributed by atoms with van der Waals surface area (Å²) in [6, 6.07) is 9.46. The van der Waals surface area contributed by atoms with Crippen LogP contribution in [0.25, 0.3) is 0 Å². The first-order valence-electron chi connectivity index (χ1n) is 8.52. The second-order valence-electron chi connectivity index (χ2n) is 7.31. The molecule has 0 nitrogen and oxygen atoms in total. The molecule has 3 saturated carbocycles. The van der Waals surface area contributed by atoms with E-state index in [2.05, 4.69) is 47.1 Å². The normalized spacial score (nSPS) is 38.8. The summed E-state index contributed by atoms with van der Waals surface area (Å²) >= 11 is 4.03. The first kappa shape index (κ1) is 13.4. The van der Waals surface area contributed by atoms with E-state index in [1.807, 2.05) is 0 Å². The number of alkyl halides is 1. The minimum Gasteiger partial charge on any atom is -0.0836 e. The molecule has 0 heterocycles. The van der Waals surface area contributed by atoms with Crippen LogP contribution in [0, 0.1) is 29.6 Å². The monoisotopic (exact) mass is 332 g/mol. The van der Waals surface area contributed by atoms with Crippen LogP contribution < -0.4 is 0 Å². The summed E-state index contributed by atoms with van der Waals surface area (Å²) in [6.07, 6.45) is 8.45. The second-order valence-corrected chi connectivity index (χ2v) is 8.30. The van der Waals surface area contributed by atoms with Crippen molar-refractivity contribution in [3.8, 4) is 0 Å². The fourth-order valence-electron chi connectivity index (χ4n) is 5.26. The molecule has 5 unspecified atom stereocenters. The molecule has 4 rings (SSSR count). The maximum atomic E-state index is 4.03. The van der Waals surface area contributed by atoms with Gasteiger partial charge in [0.15, 0.2) is 0 Å². The Balaban J connectivity index is 1.43. The summed E-state index contributed by atoms with van der Waals surface area (Å²) in [7, 11) is 0. The summed E-state index contributed by atoms with van der Waals surface area (Å²) in [5.41, 5.74) is 3.02. The highest BCUT2D eigenvalue weighted by molar-refractivity contribution is 9.09. The van der Waals surface area contributed by atoms with E-state index in [1.165, 1.54) is 43.2 Å². The number of aryl methyl sites for hydroxylation is 1. The maximum absolute atomic E-state index is 4.03. The van der Waals surface area contributed by atoms with Gasteiger partial charge in [-0.25, -0.2) is 0 Å². The predicted molar refractivity (Wildman–Crippen MR) is 88.0 cm³/mol. The fraction of sp³-hybridized carbons (Fsp3) is 0.684. The van der Waals surface area contributed by atoms with Crippen molar-refractivity contribution in [1.29, 1.82) is 0 Å². The first-order valence-corrected chi connectivity index (χ1v) is 9.44. The van der Waals surface area contributed by atoms with Gasteiger partial charge in [0, 0.05) is 4.83 Å². The Bertz CT molecular complexity index is 461. The van der Waals surface area contributed by atoms with Crippen LogP contribution in [-0.4, -0.2) is 0 Å². The molecule has 1 heteroatoms. The predicted octanol–water partition coefficient (Wildman–Crippen LogP) is 5.76. The van der Waals surface area contributed by atoms with E-state index >= 15 is 0 Å². The van der Waals surface area contributed by atoms with Crippen molar-refractivity contribution in [2.24, 2.45) is 29.6 Å². The third-order valence-electron chi connectivity index (χ3n) is 6.25. The van der Waals surface area contributed by atoms with Crippen molar-refractivity contribution in [2.75, 3.05) is 0 Å². The molecular formula is C19H25Br. The summed E-state index contributed by atoms with van der Waals surface area (Å²) in [5, 5.41) is 0. The average Bonchev–Trinajstić information content (AvgIpc) is 2.92. The standard InChI is InChI=1S/C19H25Br/c1-2-3-4-12-5-7-13(8-6-12)19(20)18-16-14-9-10-15(11-14)17(16)18/h5-8,14-19H,2-4,9-11H2,1H3. The molecule has 1 aromatic rings. The molecule has 3 fully saturated rings. The lowest BCUT2D eigenvalue weighted by atomic mass is 9.96. The van der Waals surface area contributed by atoms with E-state index in [-0.39, 0.29) is 0 Å². The molecule has 108 valence electrons. The Kier molecular flexibility index (Phi) is 3.45. The van der Waals surface area contributed by atoms with Crippen LogP contribution in [0.2, 0.25) is 0 Å². The number of unbranched alkanes of at least 4 members (excludes halogenated alkanes) is 1. The molecule has 3 aliphatic rings. The minimum atomic E-state index is 0.612. The third kappa shape index (κ3) is 2.08. The topological polar surface area (TPSA) is 0 Å². The van der Waals surface area contributed by atoms with Gasteiger partial charge in [-0.2, -0.15) is 0 Å². The molecule has 0 aromatic heterocycles. The minimum absolute atomic E-state index is 0.612. The van der Waals surface area contributed by atoms with Gasteiger partial charge in [0.2, 0.25) is 0 Å². The van der Waals surface area contributed by atoms with Gasteiger partial charge < -0.3 is 0 Å². The molecule has 0 saturated heterocycles. The number of hydrogen-bond acceptors (Lipinski definition) is 0. The van der Waals surface area contributed by atoms with Crippen LogP contribution in [0.3, 0.4) is 0 Å². The Morgan fingerprint density at radius 2 is 1.75 bits per heavy atom. The van der Waals surface area contributed by atoms with E-state index < -0.39 is 0 Å². The zero-order valence-corrected chi connectivity index (χ0v) is 14.0. The zero-order valence-electron chi connectivity index (χ0n) is 12.4. The highest BCUT2D eigenvalue weighted by atomic mass is 79.9. The van der Waals surface area contributed by atoms with E-state index in [1.54, 1.807) is 6.42 Å². The maximum Gasteiger partial charge on any atom is 0.0429 e. The van der Waals surface area contributed by atoms with Crippen molar-refractivity contribution < 1.29 is 0 Å². The molecule has 0 spiro atoms.